The maximum absolute atomic E-state index is 11.9. The Kier molecular flexibility index (Phi) is 5.07. The first-order valence-corrected chi connectivity index (χ1v) is 9.35. The van der Waals surface area contributed by atoms with Gasteiger partial charge in [0.15, 0.2) is 0 Å². The minimum absolute atomic E-state index is 0.274. The molecule has 1 saturated heterocycles. The SMILES string of the molecule is O=C(Nc1ccc(N2CCN(C3CC3)CC2)cc1)OCc1ccccc1. The second-order valence-corrected chi connectivity index (χ2v) is 6.99. The maximum atomic E-state index is 11.9. The fourth-order valence-electron chi connectivity index (χ4n) is 3.42. The van der Waals surface area contributed by atoms with Crippen LogP contribution in [0.15, 0.2) is 54.6 Å². The van der Waals surface area contributed by atoms with E-state index in [1.165, 1.54) is 18.5 Å². The quantitative estimate of drug-likeness (QED) is 0.892. The van der Waals surface area contributed by atoms with Crippen LogP contribution in [0.3, 0.4) is 0 Å². The van der Waals surface area contributed by atoms with E-state index in [0.29, 0.717) is 0 Å². The zero-order chi connectivity index (χ0) is 17.8. The lowest BCUT2D eigenvalue weighted by molar-refractivity contribution is 0.155. The first-order valence-electron chi connectivity index (χ1n) is 9.35. The molecule has 0 aromatic heterocycles. The molecule has 1 N–H and O–H groups in total. The molecular formula is C21H25N3O2. The van der Waals surface area contributed by atoms with Gasteiger partial charge < -0.3 is 9.64 Å². The van der Waals surface area contributed by atoms with Crippen molar-refractivity contribution in [3.05, 3.63) is 60.2 Å². The maximum Gasteiger partial charge on any atom is 0.411 e. The fourth-order valence-corrected chi connectivity index (χ4v) is 3.42. The summed E-state index contributed by atoms with van der Waals surface area (Å²) >= 11 is 0. The standard InChI is InChI=1S/C21H25N3O2/c25-21(26-16-17-4-2-1-3-5-17)22-18-6-8-19(9-7-18)23-12-14-24(15-13-23)20-10-11-20/h1-9,20H,10-16H2,(H,22,25). The highest BCUT2D eigenvalue weighted by molar-refractivity contribution is 5.84. The molecule has 1 amide bonds. The normalized spacial score (nSPS) is 17.8. The Morgan fingerprint density at radius 2 is 1.65 bits per heavy atom. The van der Waals surface area contributed by atoms with Crippen molar-refractivity contribution in [1.29, 1.82) is 0 Å². The summed E-state index contributed by atoms with van der Waals surface area (Å²) in [5, 5.41) is 2.78. The molecule has 1 aliphatic carbocycles. The van der Waals surface area contributed by atoms with Gasteiger partial charge >= 0.3 is 6.09 Å². The Hall–Kier alpha value is -2.53. The minimum Gasteiger partial charge on any atom is -0.444 e. The van der Waals surface area contributed by atoms with Crippen molar-refractivity contribution in [2.24, 2.45) is 0 Å². The number of nitrogens with one attached hydrogen (secondary N) is 1. The number of carbonyl (C=O) groups is 1. The molecule has 2 aromatic carbocycles. The monoisotopic (exact) mass is 351 g/mol. The first-order chi connectivity index (χ1) is 12.8. The minimum atomic E-state index is -0.431. The average molecular weight is 351 g/mol. The molecule has 2 aliphatic rings. The zero-order valence-corrected chi connectivity index (χ0v) is 14.9. The highest BCUT2D eigenvalue weighted by Gasteiger charge is 2.31. The summed E-state index contributed by atoms with van der Waals surface area (Å²) in [6.07, 6.45) is 2.32. The molecule has 5 heteroatoms. The summed E-state index contributed by atoms with van der Waals surface area (Å²) in [6, 6.07) is 18.5. The third kappa shape index (κ3) is 4.35. The Morgan fingerprint density at radius 1 is 0.962 bits per heavy atom. The fraction of sp³-hybridized carbons (Fsp3) is 0.381. The van der Waals surface area contributed by atoms with E-state index in [0.717, 1.165) is 43.5 Å². The van der Waals surface area contributed by atoms with Gasteiger partial charge in [-0.25, -0.2) is 4.79 Å². The predicted octanol–water partition coefficient (Wildman–Crippen LogP) is 3.72. The zero-order valence-electron chi connectivity index (χ0n) is 14.9. The molecular weight excluding hydrogens is 326 g/mol. The number of hydrogen-bond donors (Lipinski definition) is 1. The van der Waals surface area contributed by atoms with Crippen LogP contribution < -0.4 is 10.2 Å². The van der Waals surface area contributed by atoms with Gasteiger partial charge in [-0.1, -0.05) is 30.3 Å². The summed E-state index contributed by atoms with van der Waals surface area (Å²) in [6.45, 7) is 4.72. The summed E-state index contributed by atoms with van der Waals surface area (Å²) in [5.74, 6) is 0. The number of amides is 1. The lowest BCUT2D eigenvalue weighted by atomic mass is 10.2. The number of ether oxygens (including phenoxy) is 1. The van der Waals surface area contributed by atoms with Crippen LogP contribution in [0.1, 0.15) is 18.4 Å². The predicted molar refractivity (Wildman–Crippen MR) is 103 cm³/mol. The summed E-state index contributed by atoms with van der Waals surface area (Å²) in [7, 11) is 0. The second kappa shape index (κ2) is 7.79. The molecule has 0 bridgehead atoms. The van der Waals surface area contributed by atoms with Gasteiger partial charge in [0.1, 0.15) is 6.61 Å². The molecule has 2 fully saturated rings. The van der Waals surface area contributed by atoms with E-state index in [-0.39, 0.29) is 6.61 Å². The first kappa shape index (κ1) is 16.9. The smallest absolute Gasteiger partial charge is 0.411 e. The highest BCUT2D eigenvalue weighted by Crippen LogP contribution is 2.28. The van der Waals surface area contributed by atoms with Gasteiger partial charge in [0.25, 0.3) is 0 Å². The van der Waals surface area contributed by atoms with Crippen molar-refractivity contribution >= 4 is 17.5 Å². The topological polar surface area (TPSA) is 44.8 Å². The molecule has 1 saturated carbocycles. The number of carbonyl (C=O) groups excluding carboxylic acids is 1. The third-order valence-electron chi connectivity index (χ3n) is 5.07. The van der Waals surface area contributed by atoms with Crippen LogP contribution in [-0.2, 0) is 11.3 Å². The Balaban J connectivity index is 1.25. The van der Waals surface area contributed by atoms with Crippen molar-refractivity contribution in [3.8, 4) is 0 Å². The largest absolute Gasteiger partial charge is 0.444 e. The lowest BCUT2D eigenvalue weighted by Crippen LogP contribution is -2.47. The van der Waals surface area contributed by atoms with Crippen LogP contribution in [0.4, 0.5) is 16.2 Å². The summed E-state index contributed by atoms with van der Waals surface area (Å²) < 4.78 is 5.25. The number of piperazine rings is 1. The van der Waals surface area contributed by atoms with Crippen molar-refractivity contribution in [2.75, 3.05) is 36.4 Å². The van der Waals surface area contributed by atoms with E-state index in [4.69, 9.17) is 4.74 Å². The van der Waals surface area contributed by atoms with E-state index >= 15 is 0 Å². The molecule has 1 aliphatic heterocycles. The molecule has 2 aromatic rings. The number of benzene rings is 2. The highest BCUT2D eigenvalue weighted by atomic mass is 16.5. The van der Waals surface area contributed by atoms with Gasteiger partial charge in [-0.2, -0.15) is 0 Å². The molecule has 0 spiro atoms. The number of hydrogen-bond acceptors (Lipinski definition) is 4. The number of rotatable bonds is 5. The molecule has 136 valence electrons. The Labute approximate surface area is 154 Å². The molecule has 26 heavy (non-hydrogen) atoms. The lowest BCUT2D eigenvalue weighted by Gasteiger charge is -2.36. The average Bonchev–Trinajstić information content (AvgIpc) is 3.53. The van der Waals surface area contributed by atoms with Gasteiger partial charge in [0, 0.05) is 43.6 Å². The van der Waals surface area contributed by atoms with Crippen molar-refractivity contribution in [3.63, 3.8) is 0 Å². The van der Waals surface area contributed by atoms with Crippen LogP contribution in [0.5, 0.6) is 0 Å². The molecule has 0 radical (unpaired) electrons. The van der Waals surface area contributed by atoms with Gasteiger partial charge in [-0.05, 0) is 42.7 Å². The summed E-state index contributed by atoms with van der Waals surface area (Å²) in [4.78, 5) is 16.9. The van der Waals surface area contributed by atoms with Crippen LogP contribution in [-0.4, -0.2) is 43.2 Å². The molecule has 0 atom stereocenters. The van der Waals surface area contributed by atoms with Gasteiger partial charge in [0.2, 0.25) is 0 Å². The van der Waals surface area contributed by atoms with Crippen LogP contribution in [0.25, 0.3) is 0 Å². The molecule has 5 nitrogen and oxygen atoms in total. The van der Waals surface area contributed by atoms with E-state index < -0.39 is 6.09 Å². The van der Waals surface area contributed by atoms with E-state index in [1.54, 1.807) is 0 Å². The second-order valence-electron chi connectivity index (χ2n) is 6.99. The van der Waals surface area contributed by atoms with Gasteiger partial charge in [-0.3, -0.25) is 10.2 Å². The Bertz CT molecular complexity index is 721. The number of anilines is 2. The molecule has 1 heterocycles. The van der Waals surface area contributed by atoms with E-state index in [1.807, 2.05) is 42.5 Å². The summed E-state index contributed by atoms with van der Waals surface area (Å²) in [5.41, 5.74) is 2.94. The van der Waals surface area contributed by atoms with Crippen molar-refractivity contribution in [1.82, 2.24) is 4.90 Å². The van der Waals surface area contributed by atoms with E-state index in [9.17, 15) is 4.79 Å². The van der Waals surface area contributed by atoms with Gasteiger partial charge in [-0.15, -0.1) is 0 Å². The van der Waals surface area contributed by atoms with E-state index in [2.05, 4.69) is 27.2 Å². The Morgan fingerprint density at radius 3 is 2.31 bits per heavy atom. The van der Waals surface area contributed by atoms with Crippen LogP contribution in [0, 0.1) is 0 Å². The molecule has 0 unspecified atom stereocenters. The van der Waals surface area contributed by atoms with Crippen molar-refractivity contribution in [2.45, 2.75) is 25.5 Å². The van der Waals surface area contributed by atoms with Gasteiger partial charge in [0.05, 0.1) is 0 Å². The van der Waals surface area contributed by atoms with Crippen LogP contribution >= 0.6 is 0 Å². The number of nitrogens with zero attached hydrogens (tertiary/aromatic N) is 2. The molecule has 4 rings (SSSR count). The third-order valence-corrected chi connectivity index (χ3v) is 5.07. The van der Waals surface area contributed by atoms with Crippen molar-refractivity contribution < 1.29 is 9.53 Å². The van der Waals surface area contributed by atoms with Crippen LogP contribution in [0.2, 0.25) is 0 Å².